The van der Waals surface area contributed by atoms with Crippen LogP contribution in [0.1, 0.15) is 30.0 Å². The van der Waals surface area contributed by atoms with Crippen molar-refractivity contribution in [2.75, 3.05) is 5.75 Å². The summed E-state index contributed by atoms with van der Waals surface area (Å²) < 4.78 is 15.4. The Morgan fingerprint density at radius 1 is 1.50 bits per heavy atom. The summed E-state index contributed by atoms with van der Waals surface area (Å²) in [6, 6.07) is 5.47. The van der Waals surface area contributed by atoms with Gasteiger partial charge in [0.25, 0.3) is 0 Å². The van der Waals surface area contributed by atoms with Crippen LogP contribution in [-0.4, -0.2) is 26.4 Å². The van der Waals surface area contributed by atoms with E-state index < -0.39 is 0 Å². The van der Waals surface area contributed by atoms with E-state index in [-0.39, 0.29) is 17.5 Å². The van der Waals surface area contributed by atoms with Crippen molar-refractivity contribution in [3.05, 3.63) is 41.5 Å². The zero-order chi connectivity index (χ0) is 15.5. The number of halogens is 1. The van der Waals surface area contributed by atoms with E-state index in [0.717, 1.165) is 23.6 Å². The zero-order valence-corrected chi connectivity index (χ0v) is 13.1. The Hall–Kier alpha value is -1.89. The van der Waals surface area contributed by atoms with Crippen LogP contribution in [-0.2, 0) is 11.3 Å². The number of hydrogen-bond acceptors (Lipinski definition) is 4. The molecule has 0 radical (unpaired) electrons. The normalized spacial score (nSPS) is 14.1. The Bertz CT molecular complexity index is 684. The summed E-state index contributed by atoms with van der Waals surface area (Å²) >= 11 is 1.37. The molecule has 116 valence electrons. The fraction of sp³-hybridized carbons (Fsp3) is 0.400. The highest BCUT2D eigenvalue weighted by Crippen LogP contribution is 2.37. The van der Waals surface area contributed by atoms with Gasteiger partial charge in [0.05, 0.1) is 5.75 Å². The zero-order valence-electron chi connectivity index (χ0n) is 12.3. The lowest BCUT2D eigenvalue weighted by atomic mass is 10.1. The number of thioether (sulfide) groups is 1. The molecule has 1 amide bonds. The van der Waals surface area contributed by atoms with Crippen LogP contribution < -0.4 is 5.32 Å². The van der Waals surface area contributed by atoms with Gasteiger partial charge in [-0.15, -0.1) is 10.2 Å². The quantitative estimate of drug-likeness (QED) is 0.831. The maximum absolute atomic E-state index is 13.4. The van der Waals surface area contributed by atoms with E-state index in [4.69, 9.17) is 0 Å². The molecule has 0 unspecified atom stereocenters. The van der Waals surface area contributed by atoms with E-state index in [1.807, 2.05) is 10.6 Å². The lowest BCUT2D eigenvalue weighted by Crippen LogP contribution is -2.24. The van der Waals surface area contributed by atoms with Crippen molar-refractivity contribution in [1.29, 1.82) is 0 Å². The summed E-state index contributed by atoms with van der Waals surface area (Å²) in [6.45, 7) is 2.04. The number of hydrogen-bond donors (Lipinski definition) is 1. The number of carbonyl (C=O) groups is 1. The van der Waals surface area contributed by atoms with E-state index in [0.29, 0.717) is 18.2 Å². The summed E-state index contributed by atoms with van der Waals surface area (Å²) in [6.07, 6.45) is 4.01. The Labute approximate surface area is 132 Å². The van der Waals surface area contributed by atoms with Gasteiger partial charge in [0, 0.05) is 12.6 Å². The molecule has 0 aliphatic heterocycles. The lowest BCUT2D eigenvalue weighted by molar-refractivity contribution is -0.118. The second-order valence-electron chi connectivity index (χ2n) is 5.40. The average Bonchev–Trinajstić information content (AvgIpc) is 3.25. The summed E-state index contributed by atoms with van der Waals surface area (Å²) in [5.41, 5.74) is 1.35. The average molecular weight is 320 g/mol. The van der Waals surface area contributed by atoms with Crippen molar-refractivity contribution in [1.82, 2.24) is 20.1 Å². The molecule has 22 heavy (non-hydrogen) atoms. The van der Waals surface area contributed by atoms with E-state index in [9.17, 15) is 9.18 Å². The fourth-order valence-corrected chi connectivity index (χ4v) is 2.88. The molecule has 1 aliphatic rings. The highest BCUT2D eigenvalue weighted by Gasteiger charge is 2.26. The molecule has 0 spiro atoms. The van der Waals surface area contributed by atoms with Crippen molar-refractivity contribution in [2.24, 2.45) is 0 Å². The second kappa shape index (κ2) is 6.48. The van der Waals surface area contributed by atoms with Crippen molar-refractivity contribution < 1.29 is 9.18 Å². The van der Waals surface area contributed by atoms with Gasteiger partial charge < -0.3 is 9.88 Å². The molecule has 1 aromatic heterocycles. The predicted octanol–water partition coefficient (Wildman–Crippen LogP) is 2.47. The van der Waals surface area contributed by atoms with Gasteiger partial charge >= 0.3 is 0 Å². The first-order valence-corrected chi connectivity index (χ1v) is 8.16. The van der Waals surface area contributed by atoms with Crippen molar-refractivity contribution in [2.45, 2.75) is 37.5 Å². The van der Waals surface area contributed by atoms with Gasteiger partial charge in [0.1, 0.15) is 12.1 Å². The van der Waals surface area contributed by atoms with Crippen molar-refractivity contribution in [3.63, 3.8) is 0 Å². The van der Waals surface area contributed by atoms with Crippen LogP contribution in [0.3, 0.4) is 0 Å². The van der Waals surface area contributed by atoms with Crippen molar-refractivity contribution in [3.8, 4) is 0 Å². The molecule has 1 aromatic carbocycles. The van der Waals surface area contributed by atoms with Crippen LogP contribution in [0.5, 0.6) is 0 Å². The molecule has 1 heterocycles. The fourth-order valence-electron chi connectivity index (χ4n) is 2.07. The van der Waals surface area contributed by atoms with Crippen LogP contribution in [0.25, 0.3) is 0 Å². The van der Waals surface area contributed by atoms with Gasteiger partial charge in [-0.2, -0.15) is 0 Å². The van der Waals surface area contributed by atoms with Gasteiger partial charge in [-0.3, -0.25) is 4.79 Å². The minimum absolute atomic E-state index is 0.101. The third-order valence-corrected chi connectivity index (χ3v) is 4.50. The molecule has 5 nitrogen and oxygen atoms in total. The molecule has 7 heteroatoms. The summed E-state index contributed by atoms with van der Waals surface area (Å²) in [5, 5.41) is 11.5. The summed E-state index contributed by atoms with van der Waals surface area (Å²) in [7, 11) is 0. The first kappa shape index (κ1) is 15.0. The van der Waals surface area contributed by atoms with Gasteiger partial charge in [-0.05, 0) is 37.0 Å². The van der Waals surface area contributed by atoms with E-state index in [2.05, 4.69) is 15.5 Å². The SMILES string of the molecule is Cc1ccc(CNC(=O)CSc2nncn2C2CC2)cc1F. The monoisotopic (exact) mass is 320 g/mol. The number of aryl methyl sites for hydroxylation is 1. The van der Waals surface area contributed by atoms with E-state index in [1.54, 1.807) is 19.3 Å². The summed E-state index contributed by atoms with van der Waals surface area (Å²) in [5.74, 6) is -0.0743. The van der Waals surface area contributed by atoms with Gasteiger partial charge in [0.15, 0.2) is 5.16 Å². The third-order valence-electron chi connectivity index (χ3n) is 3.54. The van der Waals surface area contributed by atoms with Gasteiger partial charge in [0.2, 0.25) is 5.91 Å². The number of nitrogens with zero attached hydrogens (tertiary/aromatic N) is 3. The minimum atomic E-state index is -0.251. The number of nitrogens with one attached hydrogen (secondary N) is 1. The largest absolute Gasteiger partial charge is 0.351 e. The highest BCUT2D eigenvalue weighted by atomic mass is 32.2. The van der Waals surface area contributed by atoms with E-state index in [1.165, 1.54) is 17.8 Å². The van der Waals surface area contributed by atoms with Crippen LogP contribution in [0.4, 0.5) is 4.39 Å². The maximum Gasteiger partial charge on any atom is 0.230 e. The maximum atomic E-state index is 13.4. The predicted molar refractivity (Wildman–Crippen MR) is 82.0 cm³/mol. The van der Waals surface area contributed by atoms with Crippen LogP contribution >= 0.6 is 11.8 Å². The standard InChI is InChI=1S/C15H17FN4OS/c1-10-2-3-11(6-13(10)16)7-17-14(21)8-22-15-19-18-9-20(15)12-4-5-12/h2-3,6,9,12H,4-5,7-8H2,1H3,(H,17,21). The van der Waals surface area contributed by atoms with Gasteiger partial charge in [-0.1, -0.05) is 23.9 Å². The third kappa shape index (κ3) is 3.65. The number of rotatable bonds is 6. The Balaban J connectivity index is 1.48. The van der Waals surface area contributed by atoms with Crippen LogP contribution in [0.15, 0.2) is 29.7 Å². The molecule has 0 saturated heterocycles. The molecular weight excluding hydrogens is 303 g/mol. The summed E-state index contributed by atoms with van der Waals surface area (Å²) in [4.78, 5) is 11.9. The smallest absolute Gasteiger partial charge is 0.230 e. The Kier molecular flexibility index (Phi) is 4.42. The van der Waals surface area contributed by atoms with Gasteiger partial charge in [-0.25, -0.2) is 4.39 Å². The first-order chi connectivity index (χ1) is 10.6. The molecule has 1 saturated carbocycles. The van der Waals surface area contributed by atoms with Crippen LogP contribution in [0, 0.1) is 12.7 Å². The molecule has 0 atom stereocenters. The number of carbonyl (C=O) groups excluding carboxylic acids is 1. The lowest BCUT2D eigenvalue weighted by Gasteiger charge is -2.07. The molecule has 2 aromatic rings. The highest BCUT2D eigenvalue weighted by molar-refractivity contribution is 7.99. The molecule has 1 fully saturated rings. The number of benzene rings is 1. The Morgan fingerprint density at radius 2 is 2.32 bits per heavy atom. The molecule has 1 N–H and O–H groups in total. The second-order valence-corrected chi connectivity index (χ2v) is 6.34. The number of amides is 1. The topological polar surface area (TPSA) is 59.8 Å². The first-order valence-electron chi connectivity index (χ1n) is 7.17. The van der Waals surface area contributed by atoms with Crippen molar-refractivity contribution >= 4 is 17.7 Å². The molecular formula is C15H17FN4OS. The minimum Gasteiger partial charge on any atom is -0.351 e. The molecule has 1 aliphatic carbocycles. The molecule has 0 bridgehead atoms. The van der Waals surface area contributed by atoms with Crippen LogP contribution in [0.2, 0.25) is 0 Å². The van der Waals surface area contributed by atoms with E-state index >= 15 is 0 Å². The number of aromatic nitrogens is 3. The Morgan fingerprint density at radius 3 is 3.05 bits per heavy atom. The molecule has 3 rings (SSSR count).